The number of H-pyrrole nitrogens is 1. The molecule has 0 radical (unpaired) electrons. The molecule has 1 fully saturated rings. The van der Waals surface area contributed by atoms with Gasteiger partial charge in [-0.05, 0) is 32.0 Å². The van der Waals surface area contributed by atoms with Gasteiger partial charge in [0.15, 0.2) is 5.82 Å². The molecule has 2 N–H and O–H groups in total. The minimum absolute atomic E-state index is 0.0901. The Labute approximate surface area is 104 Å². The topological polar surface area (TPSA) is 40.7 Å². The highest BCUT2D eigenvalue weighted by molar-refractivity contribution is 5.76. The van der Waals surface area contributed by atoms with Gasteiger partial charge in [0.05, 0.1) is 5.52 Å². The maximum Gasteiger partial charge on any atom is 0.153 e. The van der Waals surface area contributed by atoms with E-state index in [-0.39, 0.29) is 10.9 Å². The summed E-state index contributed by atoms with van der Waals surface area (Å²) in [5.74, 6) is -0.431. The Kier molecular flexibility index (Phi) is 2.59. The normalized spacial score (nSPS) is 19.3. The van der Waals surface area contributed by atoms with Crippen molar-refractivity contribution in [1.82, 2.24) is 15.3 Å². The summed E-state index contributed by atoms with van der Waals surface area (Å²) in [5.41, 5.74) is 0.570. The van der Waals surface area contributed by atoms with Crippen LogP contribution in [0.5, 0.6) is 0 Å². The third-order valence-corrected chi connectivity index (χ3v) is 3.78. The van der Waals surface area contributed by atoms with E-state index < -0.39 is 11.6 Å². The standard InChI is InChI=1S/C13H15F2N3/c1-13(2-4-16-5-3-13)12-17-10-7-8(14)6-9(15)11(10)18-12/h6-7,16H,2-5H2,1H3,(H,17,18). The molecule has 96 valence electrons. The molecule has 1 aromatic carbocycles. The fourth-order valence-corrected chi connectivity index (χ4v) is 2.54. The molecule has 1 aromatic heterocycles. The summed E-state index contributed by atoms with van der Waals surface area (Å²) < 4.78 is 26.8. The van der Waals surface area contributed by atoms with Gasteiger partial charge in [-0.25, -0.2) is 13.8 Å². The number of nitrogens with one attached hydrogen (secondary N) is 2. The van der Waals surface area contributed by atoms with E-state index in [0.717, 1.165) is 37.8 Å². The minimum Gasteiger partial charge on any atom is -0.341 e. The number of rotatable bonds is 1. The van der Waals surface area contributed by atoms with Crippen molar-refractivity contribution in [3.8, 4) is 0 Å². The van der Waals surface area contributed by atoms with E-state index in [1.807, 2.05) is 0 Å². The van der Waals surface area contributed by atoms with Gasteiger partial charge in [-0.2, -0.15) is 0 Å². The number of benzene rings is 1. The Hall–Kier alpha value is -1.49. The number of aromatic amines is 1. The van der Waals surface area contributed by atoms with Gasteiger partial charge in [0.2, 0.25) is 0 Å². The Morgan fingerprint density at radius 3 is 2.67 bits per heavy atom. The zero-order valence-electron chi connectivity index (χ0n) is 10.2. The first-order valence-electron chi connectivity index (χ1n) is 6.14. The molecule has 0 aliphatic carbocycles. The second kappa shape index (κ2) is 4.02. The van der Waals surface area contributed by atoms with Crippen LogP contribution in [0.2, 0.25) is 0 Å². The lowest BCUT2D eigenvalue weighted by atomic mass is 9.80. The molecule has 0 unspecified atom stereocenters. The van der Waals surface area contributed by atoms with Crippen molar-refractivity contribution in [2.24, 2.45) is 0 Å². The van der Waals surface area contributed by atoms with Crippen LogP contribution in [0.4, 0.5) is 8.78 Å². The highest BCUT2D eigenvalue weighted by atomic mass is 19.1. The SMILES string of the molecule is CC1(c2nc3c(F)cc(F)cc3[nH]2)CCNCC1. The lowest BCUT2D eigenvalue weighted by Crippen LogP contribution is -2.38. The summed E-state index contributed by atoms with van der Waals surface area (Å²) in [6, 6.07) is 2.16. The maximum absolute atomic E-state index is 13.6. The van der Waals surface area contributed by atoms with Gasteiger partial charge in [0, 0.05) is 11.5 Å². The smallest absolute Gasteiger partial charge is 0.153 e. The van der Waals surface area contributed by atoms with E-state index >= 15 is 0 Å². The first kappa shape index (κ1) is 11.6. The quantitative estimate of drug-likeness (QED) is 0.817. The van der Waals surface area contributed by atoms with Crippen LogP contribution < -0.4 is 5.32 Å². The fraction of sp³-hybridized carbons (Fsp3) is 0.462. The van der Waals surface area contributed by atoms with Crippen molar-refractivity contribution in [3.63, 3.8) is 0 Å². The molecule has 3 rings (SSSR count). The van der Waals surface area contributed by atoms with Crippen LogP contribution in [0.15, 0.2) is 12.1 Å². The Morgan fingerprint density at radius 2 is 1.94 bits per heavy atom. The average molecular weight is 251 g/mol. The van der Waals surface area contributed by atoms with Crippen LogP contribution in [0, 0.1) is 11.6 Å². The molecule has 0 amide bonds. The van der Waals surface area contributed by atoms with Gasteiger partial charge in [0.25, 0.3) is 0 Å². The van der Waals surface area contributed by atoms with E-state index in [1.54, 1.807) is 0 Å². The molecule has 0 spiro atoms. The number of hydrogen-bond acceptors (Lipinski definition) is 2. The zero-order valence-corrected chi connectivity index (χ0v) is 10.2. The number of piperidine rings is 1. The van der Waals surface area contributed by atoms with Crippen LogP contribution in [0.25, 0.3) is 11.0 Å². The third kappa shape index (κ3) is 1.79. The van der Waals surface area contributed by atoms with Gasteiger partial charge in [0.1, 0.15) is 17.2 Å². The molecule has 3 nitrogen and oxygen atoms in total. The van der Waals surface area contributed by atoms with E-state index in [4.69, 9.17) is 0 Å². The number of hydrogen-bond donors (Lipinski definition) is 2. The van der Waals surface area contributed by atoms with Crippen molar-refractivity contribution in [1.29, 1.82) is 0 Å². The van der Waals surface area contributed by atoms with Crippen molar-refractivity contribution < 1.29 is 8.78 Å². The first-order valence-corrected chi connectivity index (χ1v) is 6.14. The number of aromatic nitrogens is 2. The zero-order chi connectivity index (χ0) is 12.8. The van der Waals surface area contributed by atoms with Crippen molar-refractivity contribution in [2.75, 3.05) is 13.1 Å². The lowest BCUT2D eigenvalue weighted by Gasteiger charge is -2.32. The number of imidazole rings is 1. The highest BCUT2D eigenvalue weighted by Crippen LogP contribution is 2.32. The summed E-state index contributed by atoms with van der Waals surface area (Å²) in [4.78, 5) is 7.39. The van der Waals surface area contributed by atoms with Gasteiger partial charge >= 0.3 is 0 Å². The molecule has 5 heteroatoms. The predicted molar refractivity (Wildman–Crippen MR) is 65.5 cm³/mol. The maximum atomic E-state index is 13.6. The second-order valence-corrected chi connectivity index (χ2v) is 5.18. The van der Waals surface area contributed by atoms with Gasteiger partial charge in [-0.1, -0.05) is 6.92 Å². The van der Waals surface area contributed by atoms with Crippen molar-refractivity contribution in [2.45, 2.75) is 25.2 Å². The molecule has 2 aromatic rings. The molecule has 1 saturated heterocycles. The van der Waals surface area contributed by atoms with E-state index in [0.29, 0.717) is 5.52 Å². The first-order chi connectivity index (χ1) is 8.58. The summed E-state index contributed by atoms with van der Waals surface area (Å²) in [6.07, 6.45) is 1.88. The van der Waals surface area contributed by atoms with Gasteiger partial charge < -0.3 is 10.3 Å². The van der Waals surface area contributed by atoms with Gasteiger partial charge in [-0.15, -0.1) is 0 Å². The minimum atomic E-state index is -0.606. The molecule has 0 bridgehead atoms. The highest BCUT2D eigenvalue weighted by Gasteiger charge is 2.32. The van der Waals surface area contributed by atoms with Crippen LogP contribution >= 0.6 is 0 Å². The van der Waals surface area contributed by atoms with Crippen LogP contribution in [-0.4, -0.2) is 23.1 Å². The van der Waals surface area contributed by atoms with Crippen molar-refractivity contribution in [3.05, 3.63) is 29.6 Å². The monoisotopic (exact) mass is 251 g/mol. The summed E-state index contributed by atoms with van der Waals surface area (Å²) >= 11 is 0. The summed E-state index contributed by atoms with van der Waals surface area (Å²) in [5, 5.41) is 3.29. The Bertz CT molecular complexity index is 585. The molecule has 0 saturated carbocycles. The van der Waals surface area contributed by atoms with E-state index in [1.165, 1.54) is 6.07 Å². The van der Waals surface area contributed by atoms with E-state index in [9.17, 15) is 8.78 Å². The molecular weight excluding hydrogens is 236 g/mol. The molecular formula is C13H15F2N3. The summed E-state index contributed by atoms with van der Waals surface area (Å²) in [6.45, 7) is 3.95. The lowest BCUT2D eigenvalue weighted by molar-refractivity contribution is 0.321. The second-order valence-electron chi connectivity index (χ2n) is 5.18. The van der Waals surface area contributed by atoms with Crippen LogP contribution in [0.3, 0.4) is 0 Å². The largest absolute Gasteiger partial charge is 0.341 e. The molecule has 0 atom stereocenters. The van der Waals surface area contributed by atoms with Crippen molar-refractivity contribution >= 4 is 11.0 Å². The summed E-state index contributed by atoms with van der Waals surface area (Å²) in [7, 11) is 0. The van der Waals surface area contributed by atoms with Crippen LogP contribution in [-0.2, 0) is 5.41 Å². The Morgan fingerprint density at radius 1 is 1.22 bits per heavy atom. The van der Waals surface area contributed by atoms with Crippen LogP contribution in [0.1, 0.15) is 25.6 Å². The number of halogens is 2. The fourth-order valence-electron chi connectivity index (χ4n) is 2.54. The Balaban J connectivity index is 2.10. The molecule has 1 aliphatic heterocycles. The predicted octanol–water partition coefficient (Wildman–Crippen LogP) is 2.48. The molecule has 18 heavy (non-hydrogen) atoms. The number of fused-ring (bicyclic) bond motifs is 1. The molecule has 1 aliphatic rings. The average Bonchev–Trinajstić information content (AvgIpc) is 2.74. The van der Waals surface area contributed by atoms with E-state index in [2.05, 4.69) is 22.2 Å². The number of nitrogens with zero attached hydrogens (tertiary/aromatic N) is 1. The van der Waals surface area contributed by atoms with Gasteiger partial charge in [-0.3, -0.25) is 0 Å². The molecule has 2 heterocycles. The third-order valence-electron chi connectivity index (χ3n) is 3.78.